The van der Waals surface area contributed by atoms with Gasteiger partial charge in [-0.15, -0.1) is 0 Å². The molecule has 1 saturated heterocycles. The molecule has 0 atom stereocenters. The van der Waals surface area contributed by atoms with Crippen LogP contribution in [0, 0.1) is 0 Å². The highest BCUT2D eigenvalue weighted by Crippen LogP contribution is 2.24. The molecule has 1 aromatic carbocycles. The van der Waals surface area contributed by atoms with Crippen molar-refractivity contribution < 1.29 is 17.6 Å². The van der Waals surface area contributed by atoms with Gasteiger partial charge in [-0.25, -0.2) is 8.42 Å². The minimum absolute atomic E-state index is 0.0233. The van der Waals surface area contributed by atoms with Gasteiger partial charge in [0.1, 0.15) is 0 Å². The number of piperidine rings is 1. The molecule has 1 aliphatic heterocycles. The molecule has 0 spiro atoms. The van der Waals surface area contributed by atoms with Gasteiger partial charge < -0.3 is 9.32 Å². The monoisotopic (exact) mass is 440 g/mol. The summed E-state index contributed by atoms with van der Waals surface area (Å²) in [4.78, 5) is 14.1. The summed E-state index contributed by atoms with van der Waals surface area (Å²) in [5.41, 5.74) is 0.955. The summed E-state index contributed by atoms with van der Waals surface area (Å²) in [6, 6.07) is 10.4. The fourth-order valence-corrected chi connectivity index (χ4v) is 4.79. The van der Waals surface area contributed by atoms with Gasteiger partial charge in [0, 0.05) is 31.2 Å². The van der Waals surface area contributed by atoms with Crippen LogP contribution in [0.3, 0.4) is 0 Å². The van der Waals surface area contributed by atoms with Gasteiger partial charge in [-0.2, -0.15) is 4.31 Å². The van der Waals surface area contributed by atoms with Crippen LogP contribution < -0.4 is 0 Å². The van der Waals surface area contributed by atoms with Crippen molar-refractivity contribution in [3.8, 4) is 0 Å². The number of amides is 1. The summed E-state index contributed by atoms with van der Waals surface area (Å²) < 4.78 is 33.0. The van der Waals surface area contributed by atoms with Crippen LogP contribution in [0.2, 0.25) is 0 Å². The highest BCUT2D eigenvalue weighted by atomic mass is 79.9. The van der Waals surface area contributed by atoms with Gasteiger partial charge in [0.25, 0.3) is 15.9 Å². The molecule has 0 radical (unpaired) electrons. The van der Waals surface area contributed by atoms with Crippen LogP contribution in [0.25, 0.3) is 0 Å². The Labute approximate surface area is 162 Å². The third-order valence-corrected chi connectivity index (χ3v) is 6.96. The normalized spacial score (nSPS) is 15.8. The lowest BCUT2D eigenvalue weighted by atomic mass is 10.2. The Balaban J connectivity index is 1.74. The van der Waals surface area contributed by atoms with E-state index in [-0.39, 0.29) is 16.8 Å². The second-order valence-electron chi connectivity index (χ2n) is 6.34. The smallest absolute Gasteiger partial charge is 0.289 e. The number of carbonyl (C=O) groups is 1. The fourth-order valence-electron chi connectivity index (χ4n) is 2.95. The number of hydrogen-bond acceptors (Lipinski definition) is 4. The molecular formula is C18H21BrN2O4S. The number of furan rings is 1. The van der Waals surface area contributed by atoms with Crippen molar-refractivity contribution in [2.24, 2.45) is 0 Å². The van der Waals surface area contributed by atoms with Crippen LogP contribution >= 0.6 is 15.9 Å². The molecule has 26 heavy (non-hydrogen) atoms. The molecule has 0 unspecified atom stereocenters. The molecule has 1 aliphatic rings. The molecule has 140 valence electrons. The van der Waals surface area contributed by atoms with Gasteiger partial charge >= 0.3 is 0 Å². The minimum atomic E-state index is -3.68. The zero-order chi connectivity index (χ0) is 18.7. The Hall–Kier alpha value is -1.64. The fraction of sp³-hybridized carbons (Fsp3) is 0.389. The highest BCUT2D eigenvalue weighted by Gasteiger charge is 2.30. The van der Waals surface area contributed by atoms with Gasteiger partial charge in [0.05, 0.1) is 0 Å². The molecule has 0 saturated carbocycles. The van der Waals surface area contributed by atoms with Crippen LogP contribution in [-0.4, -0.2) is 43.7 Å². The van der Waals surface area contributed by atoms with Crippen molar-refractivity contribution in [3.63, 3.8) is 0 Å². The second kappa shape index (κ2) is 7.94. The van der Waals surface area contributed by atoms with Gasteiger partial charge in [0.15, 0.2) is 5.76 Å². The maximum Gasteiger partial charge on any atom is 0.289 e. The SMILES string of the molecule is CN(Cc1ccccc1Br)C(=O)c1ccc(S(=O)(=O)N2CCCCC2)o1. The van der Waals surface area contributed by atoms with E-state index in [1.54, 1.807) is 7.05 Å². The van der Waals surface area contributed by atoms with Crippen molar-refractivity contribution in [1.82, 2.24) is 9.21 Å². The first-order chi connectivity index (χ1) is 12.4. The molecule has 3 rings (SSSR count). The summed E-state index contributed by atoms with van der Waals surface area (Å²) >= 11 is 3.46. The van der Waals surface area contributed by atoms with Crippen molar-refractivity contribution in [2.75, 3.05) is 20.1 Å². The van der Waals surface area contributed by atoms with Crippen molar-refractivity contribution >= 4 is 31.9 Å². The van der Waals surface area contributed by atoms with E-state index >= 15 is 0 Å². The average molecular weight is 441 g/mol. The molecule has 2 heterocycles. The zero-order valence-electron chi connectivity index (χ0n) is 14.5. The quantitative estimate of drug-likeness (QED) is 0.713. The maximum atomic E-state index is 12.6. The number of rotatable bonds is 5. The largest absolute Gasteiger partial charge is 0.438 e. The molecule has 2 aromatic rings. The Kier molecular flexibility index (Phi) is 5.84. The molecule has 6 nitrogen and oxygen atoms in total. The number of carbonyl (C=O) groups excluding carboxylic acids is 1. The van der Waals surface area contributed by atoms with Crippen LogP contribution in [0.5, 0.6) is 0 Å². The molecule has 1 fully saturated rings. The minimum Gasteiger partial charge on any atom is -0.438 e. The number of halogens is 1. The van der Waals surface area contributed by atoms with Crippen LogP contribution in [0.15, 0.2) is 50.4 Å². The van der Waals surface area contributed by atoms with Gasteiger partial charge in [-0.3, -0.25) is 4.79 Å². The topological polar surface area (TPSA) is 70.8 Å². The van der Waals surface area contributed by atoms with Crippen molar-refractivity contribution in [2.45, 2.75) is 30.9 Å². The molecule has 0 N–H and O–H groups in total. The van der Waals surface area contributed by atoms with Crippen LogP contribution in [0.1, 0.15) is 35.4 Å². The van der Waals surface area contributed by atoms with E-state index in [9.17, 15) is 13.2 Å². The summed E-state index contributed by atoms with van der Waals surface area (Å²) in [5.74, 6) is -0.337. The lowest BCUT2D eigenvalue weighted by molar-refractivity contribution is 0.0747. The Bertz CT molecular complexity index is 888. The van der Waals surface area contributed by atoms with Gasteiger partial charge in [0.2, 0.25) is 5.09 Å². The van der Waals surface area contributed by atoms with E-state index in [1.165, 1.54) is 21.3 Å². The summed E-state index contributed by atoms with van der Waals surface area (Å²) in [7, 11) is -2.02. The van der Waals surface area contributed by atoms with Crippen LogP contribution in [0.4, 0.5) is 0 Å². The van der Waals surface area contributed by atoms with Gasteiger partial charge in [-0.1, -0.05) is 40.5 Å². The molecule has 8 heteroatoms. The predicted molar refractivity (Wildman–Crippen MR) is 101 cm³/mol. The highest BCUT2D eigenvalue weighted by molar-refractivity contribution is 9.10. The first kappa shape index (κ1) is 19.1. The van der Waals surface area contributed by atoms with E-state index in [4.69, 9.17) is 4.42 Å². The zero-order valence-corrected chi connectivity index (χ0v) is 16.9. The number of sulfonamides is 1. The average Bonchev–Trinajstić information content (AvgIpc) is 3.14. The van der Waals surface area contributed by atoms with Crippen LogP contribution in [-0.2, 0) is 16.6 Å². The Morgan fingerprint density at radius 2 is 1.85 bits per heavy atom. The maximum absolute atomic E-state index is 12.6. The molecule has 1 aromatic heterocycles. The molecule has 1 amide bonds. The van der Waals surface area contributed by atoms with E-state index < -0.39 is 10.0 Å². The van der Waals surface area contributed by atoms with E-state index in [0.717, 1.165) is 29.3 Å². The summed E-state index contributed by atoms with van der Waals surface area (Å²) in [5, 5.41) is -0.169. The third-order valence-electron chi connectivity index (χ3n) is 4.41. The molecule has 0 bridgehead atoms. The third kappa shape index (κ3) is 4.02. The Morgan fingerprint density at radius 3 is 2.54 bits per heavy atom. The second-order valence-corrected chi connectivity index (χ2v) is 9.06. The summed E-state index contributed by atoms with van der Waals surface area (Å²) in [6.45, 7) is 1.37. The standard InChI is InChI=1S/C18H21BrN2O4S/c1-20(13-14-7-3-4-8-15(14)19)18(22)16-9-10-17(25-16)26(23,24)21-11-5-2-6-12-21/h3-4,7-10H,2,5-6,11-13H2,1H3. The first-order valence-corrected chi connectivity index (χ1v) is 10.7. The number of hydrogen-bond donors (Lipinski definition) is 0. The Morgan fingerprint density at radius 1 is 1.15 bits per heavy atom. The van der Waals surface area contributed by atoms with E-state index in [2.05, 4.69) is 15.9 Å². The molecule has 0 aliphatic carbocycles. The number of nitrogens with zero attached hydrogens (tertiary/aromatic N) is 2. The lowest BCUT2D eigenvalue weighted by Crippen LogP contribution is -2.35. The van der Waals surface area contributed by atoms with E-state index in [1.807, 2.05) is 24.3 Å². The summed E-state index contributed by atoms with van der Waals surface area (Å²) in [6.07, 6.45) is 2.73. The van der Waals surface area contributed by atoms with Crippen molar-refractivity contribution in [3.05, 3.63) is 52.2 Å². The lowest BCUT2D eigenvalue weighted by Gasteiger charge is -2.24. The number of benzene rings is 1. The predicted octanol–water partition coefficient (Wildman–Crippen LogP) is 3.49. The first-order valence-electron chi connectivity index (χ1n) is 8.48. The van der Waals surface area contributed by atoms with Gasteiger partial charge in [-0.05, 0) is 36.6 Å². The van der Waals surface area contributed by atoms with E-state index in [0.29, 0.717) is 19.6 Å². The molecular weight excluding hydrogens is 420 g/mol. The van der Waals surface area contributed by atoms with Crippen molar-refractivity contribution in [1.29, 1.82) is 0 Å².